The normalized spacial score (nSPS) is 16.6. The molecule has 1 heterocycles. The molecular formula is C17H21N3O2. The van der Waals surface area contributed by atoms with Crippen molar-refractivity contribution in [1.82, 2.24) is 15.3 Å². The van der Waals surface area contributed by atoms with Crippen LogP contribution in [0.3, 0.4) is 0 Å². The predicted molar refractivity (Wildman–Crippen MR) is 87.0 cm³/mol. The van der Waals surface area contributed by atoms with Gasteiger partial charge in [-0.1, -0.05) is 24.3 Å². The van der Waals surface area contributed by atoms with E-state index in [1.54, 1.807) is 7.11 Å². The Bertz CT molecular complexity index is 679. The first-order valence-electron chi connectivity index (χ1n) is 7.48. The molecule has 0 aromatic heterocycles. The number of carbonyl (C=O) groups is 1. The van der Waals surface area contributed by atoms with Gasteiger partial charge in [0.15, 0.2) is 0 Å². The molecule has 5 heteroatoms. The molecule has 116 valence electrons. The van der Waals surface area contributed by atoms with Gasteiger partial charge >= 0.3 is 0 Å². The number of nitrogens with zero attached hydrogens (tertiary/aromatic N) is 2. The second-order valence-corrected chi connectivity index (χ2v) is 5.63. The van der Waals surface area contributed by atoms with Gasteiger partial charge in [-0.2, -0.15) is 0 Å². The molecule has 2 aromatic rings. The standard InChI is InChI=1S/C17H21N3O2/c1-19-7-9-20(10-8-19)18-17(21)15-11-13-5-3-4-6-14(13)12-16(15)22-2/h3-6,11-12H,7-10H2,1-2H3,(H,18,21). The summed E-state index contributed by atoms with van der Waals surface area (Å²) in [6, 6.07) is 11.8. The molecule has 5 nitrogen and oxygen atoms in total. The number of rotatable bonds is 3. The van der Waals surface area contributed by atoms with E-state index in [1.807, 2.05) is 41.4 Å². The average Bonchev–Trinajstić information content (AvgIpc) is 2.55. The van der Waals surface area contributed by atoms with Crippen LogP contribution in [0.25, 0.3) is 10.8 Å². The van der Waals surface area contributed by atoms with Crippen LogP contribution in [0.2, 0.25) is 0 Å². The van der Waals surface area contributed by atoms with Crippen molar-refractivity contribution < 1.29 is 9.53 Å². The summed E-state index contributed by atoms with van der Waals surface area (Å²) in [7, 11) is 3.68. The Hall–Kier alpha value is -2.11. The number of hydrazine groups is 1. The van der Waals surface area contributed by atoms with Crippen LogP contribution in [-0.4, -0.2) is 56.2 Å². The summed E-state index contributed by atoms with van der Waals surface area (Å²) in [6.45, 7) is 3.57. The van der Waals surface area contributed by atoms with Crippen molar-refractivity contribution in [2.75, 3.05) is 40.3 Å². The van der Waals surface area contributed by atoms with Crippen LogP contribution >= 0.6 is 0 Å². The second-order valence-electron chi connectivity index (χ2n) is 5.63. The first-order valence-corrected chi connectivity index (χ1v) is 7.48. The third kappa shape index (κ3) is 3.05. The highest BCUT2D eigenvalue weighted by atomic mass is 16.5. The minimum Gasteiger partial charge on any atom is -0.496 e. The van der Waals surface area contributed by atoms with Crippen LogP contribution in [0.15, 0.2) is 36.4 Å². The minimum absolute atomic E-state index is 0.118. The summed E-state index contributed by atoms with van der Waals surface area (Å²) in [5.41, 5.74) is 3.55. The number of benzene rings is 2. The number of hydrogen-bond donors (Lipinski definition) is 1. The smallest absolute Gasteiger partial charge is 0.269 e. The Labute approximate surface area is 130 Å². The fourth-order valence-corrected chi connectivity index (χ4v) is 2.69. The molecule has 0 atom stereocenters. The molecule has 1 aliphatic heterocycles. The van der Waals surface area contributed by atoms with Crippen molar-refractivity contribution in [3.8, 4) is 5.75 Å². The van der Waals surface area contributed by atoms with Crippen molar-refractivity contribution in [2.45, 2.75) is 0 Å². The predicted octanol–water partition coefficient (Wildman–Crippen LogP) is 1.74. The molecular weight excluding hydrogens is 278 g/mol. The lowest BCUT2D eigenvalue weighted by molar-refractivity contribution is 0.0660. The van der Waals surface area contributed by atoms with Crippen LogP contribution in [0.5, 0.6) is 5.75 Å². The summed E-state index contributed by atoms with van der Waals surface area (Å²) < 4.78 is 5.39. The van der Waals surface area contributed by atoms with Crippen LogP contribution in [-0.2, 0) is 0 Å². The summed E-state index contributed by atoms with van der Waals surface area (Å²) in [4.78, 5) is 14.8. The van der Waals surface area contributed by atoms with Gasteiger partial charge in [-0.05, 0) is 30.0 Å². The fraction of sp³-hybridized carbons (Fsp3) is 0.353. The van der Waals surface area contributed by atoms with Gasteiger partial charge in [-0.25, -0.2) is 5.01 Å². The van der Waals surface area contributed by atoms with Gasteiger partial charge in [-0.15, -0.1) is 0 Å². The van der Waals surface area contributed by atoms with Gasteiger partial charge in [0.2, 0.25) is 0 Å². The van der Waals surface area contributed by atoms with E-state index in [2.05, 4.69) is 17.4 Å². The van der Waals surface area contributed by atoms with Gasteiger partial charge in [-0.3, -0.25) is 10.2 Å². The second kappa shape index (κ2) is 6.34. The van der Waals surface area contributed by atoms with Crippen molar-refractivity contribution in [3.63, 3.8) is 0 Å². The molecule has 1 aliphatic rings. The fourth-order valence-electron chi connectivity index (χ4n) is 2.69. The van der Waals surface area contributed by atoms with E-state index in [4.69, 9.17) is 4.74 Å². The summed E-state index contributed by atoms with van der Waals surface area (Å²) in [6.07, 6.45) is 0. The molecule has 0 saturated carbocycles. The number of methoxy groups -OCH3 is 1. The number of nitrogens with one attached hydrogen (secondary N) is 1. The van der Waals surface area contributed by atoms with E-state index in [-0.39, 0.29) is 5.91 Å². The van der Waals surface area contributed by atoms with Crippen molar-refractivity contribution in [1.29, 1.82) is 0 Å². The van der Waals surface area contributed by atoms with Gasteiger partial charge in [0, 0.05) is 26.2 Å². The first kappa shape index (κ1) is 14.8. The monoisotopic (exact) mass is 299 g/mol. The molecule has 0 aliphatic carbocycles. The quantitative estimate of drug-likeness (QED) is 0.938. The van der Waals surface area contributed by atoms with E-state index >= 15 is 0 Å². The Balaban J connectivity index is 1.83. The number of carbonyl (C=O) groups excluding carboxylic acids is 1. The highest BCUT2D eigenvalue weighted by Gasteiger charge is 2.19. The van der Waals surface area contributed by atoms with E-state index in [1.165, 1.54) is 0 Å². The van der Waals surface area contributed by atoms with Crippen molar-refractivity contribution in [3.05, 3.63) is 42.0 Å². The van der Waals surface area contributed by atoms with Crippen LogP contribution < -0.4 is 10.2 Å². The lowest BCUT2D eigenvalue weighted by Crippen LogP contribution is -2.52. The van der Waals surface area contributed by atoms with E-state index in [0.29, 0.717) is 11.3 Å². The Morgan fingerprint density at radius 3 is 2.36 bits per heavy atom. The molecule has 1 N–H and O–H groups in total. The lowest BCUT2D eigenvalue weighted by Gasteiger charge is -2.32. The maximum Gasteiger partial charge on any atom is 0.269 e. The number of ether oxygens (including phenoxy) is 1. The molecule has 2 aromatic carbocycles. The van der Waals surface area contributed by atoms with E-state index in [0.717, 1.165) is 37.0 Å². The SMILES string of the molecule is COc1cc2ccccc2cc1C(=O)NN1CCN(C)CC1. The highest BCUT2D eigenvalue weighted by molar-refractivity contribution is 6.01. The summed E-state index contributed by atoms with van der Waals surface area (Å²) in [5.74, 6) is 0.484. The van der Waals surface area contributed by atoms with E-state index in [9.17, 15) is 4.79 Å². The Kier molecular flexibility index (Phi) is 4.27. The number of fused-ring (bicyclic) bond motifs is 1. The third-order valence-corrected chi connectivity index (χ3v) is 4.08. The van der Waals surface area contributed by atoms with Crippen LogP contribution in [0.1, 0.15) is 10.4 Å². The Morgan fingerprint density at radius 2 is 1.73 bits per heavy atom. The molecule has 3 rings (SSSR count). The molecule has 1 fully saturated rings. The minimum atomic E-state index is -0.118. The largest absolute Gasteiger partial charge is 0.496 e. The zero-order valence-electron chi connectivity index (χ0n) is 13.0. The van der Waals surface area contributed by atoms with Crippen molar-refractivity contribution >= 4 is 16.7 Å². The highest BCUT2D eigenvalue weighted by Crippen LogP contribution is 2.25. The third-order valence-electron chi connectivity index (χ3n) is 4.08. The molecule has 0 unspecified atom stereocenters. The van der Waals surface area contributed by atoms with E-state index < -0.39 is 0 Å². The number of likely N-dealkylation sites (N-methyl/N-ethyl adjacent to an activating group) is 1. The van der Waals surface area contributed by atoms with Crippen LogP contribution in [0.4, 0.5) is 0 Å². The average molecular weight is 299 g/mol. The van der Waals surface area contributed by atoms with Crippen molar-refractivity contribution in [2.24, 2.45) is 0 Å². The number of piperazine rings is 1. The Morgan fingerprint density at radius 1 is 1.09 bits per heavy atom. The summed E-state index contributed by atoms with van der Waals surface area (Å²) in [5, 5.41) is 4.07. The van der Waals surface area contributed by atoms with Gasteiger partial charge in [0.25, 0.3) is 5.91 Å². The van der Waals surface area contributed by atoms with Gasteiger partial charge in [0.1, 0.15) is 5.75 Å². The summed E-state index contributed by atoms with van der Waals surface area (Å²) >= 11 is 0. The maximum absolute atomic E-state index is 12.6. The molecule has 0 bridgehead atoms. The molecule has 1 saturated heterocycles. The molecule has 1 amide bonds. The van der Waals surface area contributed by atoms with Gasteiger partial charge in [0.05, 0.1) is 12.7 Å². The zero-order valence-corrected chi connectivity index (χ0v) is 13.0. The molecule has 22 heavy (non-hydrogen) atoms. The first-order chi connectivity index (χ1) is 10.7. The lowest BCUT2D eigenvalue weighted by atomic mass is 10.1. The van der Waals surface area contributed by atoms with Gasteiger partial charge < -0.3 is 9.64 Å². The molecule has 0 spiro atoms. The maximum atomic E-state index is 12.6. The topological polar surface area (TPSA) is 44.8 Å². The zero-order chi connectivity index (χ0) is 15.5. The number of amides is 1. The molecule has 0 radical (unpaired) electrons. The van der Waals surface area contributed by atoms with Crippen LogP contribution in [0, 0.1) is 0 Å². The number of hydrogen-bond acceptors (Lipinski definition) is 4.